The molecule has 0 bridgehead atoms. The summed E-state index contributed by atoms with van der Waals surface area (Å²) in [6, 6.07) is 12.2. The van der Waals surface area contributed by atoms with E-state index >= 15 is 0 Å². The average Bonchev–Trinajstić information content (AvgIpc) is 3.09. The van der Waals surface area contributed by atoms with Crippen LogP contribution in [0.15, 0.2) is 53.2 Å². The summed E-state index contributed by atoms with van der Waals surface area (Å²) in [5.74, 6) is 1.56. The van der Waals surface area contributed by atoms with Crippen molar-refractivity contribution >= 4 is 11.5 Å². The summed E-state index contributed by atoms with van der Waals surface area (Å²) < 4.78 is 5.28. The third kappa shape index (κ3) is 3.97. The highest BCUT2D eigenvalue weighted by Gasteiger charge is 2.21. The molecule has 0 spiro atoms. The van der Waals surface area contributed by atoms with Crippen molar-refractivity contribution in [1.29, 1.82) is 0 Å². The molecule has 1 N–H and O–H groups in total. The van der Waals surface area contributed by atoms with Crippen LogP contribution in [0.1, 0.15) is 36.7 Å². The minimum atomic E-state index is -0.484. The van der Waals surface area contributed by atoms with Crippen molar-refractivity contribution in [2.45, 2.75) is 25.8 Å². The van der Waals surface area contributed by atoms with E-state index in [0.717, 1.165) is 12.0 Å². The molecule has 0 saturated heterocycles. The molecule has 25 heavy (non-hydrogen) atoms. The predicted octanol–water partition coefficient (Wildman–Crippen LogP) is 3.53. The largest absolute Gasteiger partial charge is 0.356 e. The zero-order chi connectivity index (χ0) is 17.6. The summed E-state index contributed by atoms with van der Waals surface area (Å²) in [5.41, 5.74) is 0.873. The number of anilines is 1. The maximum Gasteiger partial charge on any atom is 0.287 e. The molecule has 0 saturated carbocycles. The van der Waals surface area contributed by atoms with Gasteiger partial charge in [0, 0.05) is 12.5 Å². The monoisotopic (exact) mass is 339 g/mol. The number of hydrogen-bond donors (Lipinski definition) is 1. The molecular formula is C17H17N5O3. The van der Waals surface area contributed by atoms with Gasteiger partial charge in [-0.25, -0.2) is 4.98 Å². The number of nitrogens with zero attached hydrogens (tertiary/aromatic N) is 4. The Balaban J connectivity index is 1.89. The first-order chi connectivity index (χ1) is 12.2. The van der Waals surface area contributed by atoms with Gasteiger partial charge in [0.2, 0.25) is 5.89 Å². The summed E-state index contributed by atoms with van der Waals surface area (Å²) >= 11 is 0. The van der Waals surface area contributed by atoms with Crippen LogP contribution in [0.4, 0.5) is 11.5 Å². The Morgan fingerprint density at radius 1 is 1.24 bits per heavy atom. The van der Waals surface area contributed by atoms with E-state index in [9.17, 15) is 10.1 Å². The minimum absolute atomic E-state index is 0.0633. The molecular weight excluding hydrogens is 322 g/mol. The zero-order valence-corrected chi connectivity index (χ0v) is 13.6. The van der Waals surface area contributed by atoms with E-state index in [1.54, 1.807) is 6.07 Å². The summed E-state index contributed by atoms with van der Waals surface area (Å²) in [4.78, 5) is 18.8. The van der Waals surface area contributed by atoms with Crippen LogP contribution < -0.4 is 5.32 Å². The van der Waals surface area contributed by atoms with E-state index in [4.69, 9.17) is 4.52 Å². The van der Waals surface area contributed by atoms with Crippen LogP contribution in [-0.2, 0) is 6.42 Å². The van der Waals surface area contributed by atoms with Crippen molar-refractivity contribution in [3.05, 3.63) is 76.1 Å². The first-order valence-corrected chi connectivity index (χ1v) is 7.91. The molecule has 0 fully saturated rings. The van der Waals surface area contributed by atoms with Gasteiger partial charge in [0.25, 0.3) is 5.69 Å². The molecule has 128 valence electrons. The third-order valence-corrected chi connectivity index (χ3v) is 3.59. The van der Waals surface area contributed by atoms with Crippen LogP contribution in [-0.4, -0.2) is 20.0 Å². The lowest BCUT2D eigenvalue weighted by atomic mass is 10.1. The zero-order valence-electron chi connectivity index (χ0n) is 13.6. The SMILES string of the molecule is CCCc1nc(C(Nc2ccc([N+](=O)[O-])cn2)c2ccccc2)no1. The quantitative estimate of drug-likeness (QED) is 0.518. The van der Waals surface area contributed by atoms with Gasteiger partial charge in [0.15, 0.2) is 5.82 Å². The van der Waals surface area contributed by atoms with Gasteiger partial charge >= 0.3 is 0 Å². The predicted molar refractivity (Wildman–Crippen MR) is 91.1 cm³/mol. The second kappa shape index (κ2) is 7.52. The van der Waals surface area contributed by atoms with Gasteiger partial charge in [-0.1, -0.05) is 42.4 Å². The van der Waals surface area contributed by atoms with E-state index in [0.29, 0.717) is 24.0 Å². The molecule has 0 radical (unpaired) electrons. The van der Waals surface area contributed by atoms with Crippen LogP contribution >= 0.6 is 0 Å². The van der Waals surface area contributed by atoms with E-state index in [1.165, 1.54) is 12.3 Å². The van der Waals surface area contributed by atoms with E-state index < -0.39 is 4.92 Å². The molecule has 8 heteroatoms. The Morgan fingerprint density at radius 2 is 2.04 bits per heavy atom. The lowest BCUT2D eigenvalue weighted by Gasteiger charge is -2.16. The van der Waals surface area contributed by atoms with Gasteiger partial charge in [-0.2, -0.15) is 4.98 Å². The third-order valence-electron chi connectivity index (χ3n) is 3.59. The molecule has 2 heterocycles. The number of nitrogens with one attached hydrogen (secondary N) is 1. The molecule has 8 nitrogen and oxygen atoms in total. The summed E-state index contributed by atoms with van der Waals surface area (Å²) in [7, 11) is 0. The Hall–Kier alpha value is -3.29. The van der Waals surface area contributed by atoms with Crippen molar-refractivity contribution in [1.82, 2.24) is 15.1 Å². The summed E-state index contributed by atoms with van der Waals surface area (Å²) in [5, 5.41) is 18.0. The second-order valence-electron chi connectivity index (χ2n) is 5.44. The number of benzene rings is 1. The highest BCUT2D eigenvalue weighted by Crippen LogP contribution is 2.25. The highest BCUT2D eigenvalue weighted by molar-refractivity contribution is 5.44. The molecule has 0 aliphatic rings. The van der Waals surface area contributed by atoms with E-state index in [2.05, 4.69) is 20.4 Å². The van der Waals surface area contributed by atoms with Crippen molar-refractivity contribution in [2.75, 3.05) is 5.32 Å². The Labute approximate surface area is 144 Å². The normalized spacial score (nSPS) is 11.9. The molecule has 0 aliphatic heterocycles. The molecule has 0 aliphatic carbocycles. The average molecular weight is 339 g/mol. The fourth-order valence-corrected chi connectivity index (χ4v) is 2.37. The molecule has 0 amide bonds. The molecule has 3 rings (SSSR count). The van der Waals surface area contributed by atoms with Crippen LogP contribution in [0.25, 0.3) is 0 Å². The van der Waals surface area contributed by atoms with Crippen molar-refractivity contribution in [3.8, 4) is 0 Å². The lowest BCUT2D eigenvalue weighted by Crippen LogP contribution is -2.15. The topological polar surface area (TPSA) is 107 Å². The number of hydrogen-bond acceptors (Lipinski definition) is 7. The number of aryl methyl sites for hydroxylation is 1. The minimum Gasteiger partial charge on any atom is -0.356 e. The molecule has 3 aromatic rings. The van der Waals surface area contributed by atoms with Gasteiger partial charge in [-0.05, 0) is 18.1 Å². The number of aromatic nitrogens is 3. The van der Waals surface area contributed by atoms with E-state index in [-0.39, 0.29) is 11.7 Å². The molecule has 1 atom stereocenters. The van der Waals surface area contributed by atoms with Gasteiger partial charge < -0.3 is 9.84 Å². The number of rotatable bonds is 7. The van der Waals surface area contributed by atoms with Crippen LogP contribution in [0.3, 0.4) is 0 Å². The number of nitro groups is 1. The van der Waals surface area contributed by atoms with Gasteiger partial charge in [0.1, 0.15) is 18.1 Å². The maximum absolute atomic E-state index is 10.8. The molecule has 1 unspecified atom stereocenters. The van der Waals surface area contributed by atoms with Crippen molar-refractivity contribution < 1.29 is 9.45 Å². The van der Waals surface area contributed by atoms with Gasteiger partial charge in [-0.3, -0.25) is 10.1 Å². The molecule has 1 aromatic carbocycles. The van der Waals surface area contributed by atoms with Crippen molar-refractivity contribution in [3.63, 3.8) is 0 Å². The first kappa shape index (κ1) is 16.6. The maximum atomic E-state index is 10.8. The summed E-state index contributed by atoms with van der Waals surface area (Å²) in [6.45, 7) is 2.04. The molecule has 2 aromatic heterocycles. The fraction of sp³-hybridized carbons (Fsp3) is 0.235. The van der Waals surface area contributed by atoms with Crippen molar-refractivity contribution in [2.24, 2.45) is 0 Å². The van der Waals surface area contributed by atoms with E-state index in [1.807, 2.05) is 37.3 Å². The van der Waals surface area contributed by atoms with Gasteiger partial charge in [-0.15, -0.1) is 0 Å². The van der Waals surface area contributed by atoms with Gasteiger partial charge in [0.05, 0.1) is 4.92 Å². The lowest BCUT2D eigenvalue weighted by molar-refractivity contribution is -0.385. The Morgan fingerprint density at radius 3 is 2.68 bits per heavy atom. The Kier molecular flexibility index (Phi) is 4.98. The summed E-state index contributed by atoms with van der Waals surface area (Å²) in [6.07, 6.45) is 2.84. The standard InChI is InChI=1S/C17H17N5O3/c1-2-6-15-20-17(21-25-15)16(12-7-4-3-5-8-12)19-14-10-9-13(11-18-14)22(23)24/h3-5,7-11,16H,2,6H2,1H3,(H,18,19). The fourth-order valence-electron chi connectivity index (χ4n) is 2.37. The van der Waals surface area contributed by atoms with Crippen LogP contribution in [0.2, 0.25) is 0 Å². The van der Waals surface area contributed by atoms with Crippen LogP contribution in [0.5, 0.6) is 0 Å². The second-order valence-corrected chi connectivity index (χ2v) is 5.44. The number of pyridine rings is 1. The Bertz CT molecular complexity index is 833. The highest BCUT2D eigenvalue weighted by atomic mass is 16.6. The van der Waals surface area contributed by atoms with Crippen LogP contribution in [0, 0.1) is 10.1 Å². The first-order valence-electron chi connectivity index (χ1n) is 7.91. The smallest absolute Gasteiger partial charge is 0.287 e.